The molecule has 1 saturated heterocycles. The minimum Gasteiger partial charge on any atom is -0.345 e. The Morgan fingerprint density at radius 2 is 2.00 bits per heavy atom. The molecule has 8 nitrogen and oxygen atoms in total. The van der Waals surface area contributed by atoms with Gasteiger partial charge in [0.2, 0.25) is 6.41 Å². The summed E-state index contributed by atoms with van der Waals surface area (Å²) in [6, 6.07) is 4.61. The molecule has 10 heteroatoms. The number of nitrogens with zero attached hydrogens (tertiary/aromatic N) is 6. The summed E-state index contributed by atoms with van der Waals surface area (Å²) in [4.78, 5) is 25.9. The number of piperidine rings is 1. The molecule has 0 atom stereocenters. The molecule has 1 aliphatic carbocycles. The number of hydrogen-bond donors (Lipinski definition) is 1. The van der Waals surface area contributed by atoms with Gasteiger partial charge in [0.25, 0.3) is 0 Å². The molecule has 2 aliphatic rings. The Morgan fingerprint density at radius 3 is 2.77 bits per heavy atom. The minimum atomic E-state index is 0.613. The molecular formula is C25H30ClN7OS. The molecule has 1 fully saturated rings. The summed E-state index contributed by atoms with van der Waals surface area (Å²) in [6.07, 6.45) is 13.1. The van der Waals surface area contributed by atoms with Crippen molar-refractivity contribution in [1.29, 1.82) is 0 Å². The molecule has 6 rings (SSSR count). The molecule has 0 saturated carbocycles. The fourth-order valence-corrected chi connectivity index (χ4v) is 6.28. The van der Waals surface area contributed by atoms with E-state index in [9.17, 15) is 4.79 Å². The van der Waals surface area contributed by atoms with Crippen molar-refractivity contribution in [3.8, 4) is 0 Å². The van der Waals surface area contributed by atoms with E-state index in [4.69, 9.17) is 11.6 Å². The highest BCUT2D eigenvalue weighted by atomic mass is 35.5. The van der Waals surface area contributed by atoms with Gasteiger partial charge in [-0.25, -0.2) is 14.5 Å². The van der Waals surface area contributed by atoms with Crippen molar-refractivity contribution in [2.75, 3.05) is 32.5 Å². The van der Waals surface area contributed by atoms with E-state index >= 15 is 0 Å². The number of rotatable bonds is 4. The van der Waals surface area contributed by atoms with Crippen molar-refractivity contribution in [3.63, 3.8) is 0 Å². The lowest BCUT2D eigenvalue weighted by Gasteiger charge is -2.33. The Bertz CT molecular complexity index is 1330. The number of likely N-dealkylation sites (tertiary alicyclic amines) is 1. The second-order valence-corrected chi connectivity index (χ2v) is 10.8. The van der Waals surface area contributed by atoms with E-state index in [1.165, 1.54) is 23.3 Å². The zero-order valence-corrected chi connectivity index (χ0v) is 21.6. The lowest BCUT2D eigenvalue weighted by molar-refractivity contribution is -0.119. The molecular weight excluding hydrogens is 482 g/mol. The molecule has 1 N–H and O–H groups in total. The summed E-state index contributed by atoms with van der Waals surface area (Å²) < 4.78 is 1.76. The third-order valence-electron chi connectivity index (χ3n) is 6.87. The first-order valence-corrected chi connectivity index (χ1v) is 13.2. The topological polar surface area (TPSA) is 78.7 Å². The monoisotopic (exact) mass is 511 g/mol. The number of nitrogens with one attached hydrogen (secondary N) is 1. The van der Waals surface area contributed by atoms with Gasteiger partial charge in [-0.1, -0.05) is 11.6 Å². The smallest absolute Gasteiger partial charge is 0.209 e. The highest BCUT2D eigenvalue weighted by Crippen LogP contribution is 2.39. The number of carbonyl (C=O) groups is 1. The number of fused-ring (bicyclic) bond motifs is 4. The Morgan fingerprint density at radius 1 is 1.20 bits per heavy atom. The predicted molar refractivity (Wildman–Crippen MR) is 142 cm³/mol. The summed E-state index contributed by atoms with van der Waals surface area (Å²) in [5, 5.41) is 9.39. The maximum absolute atomic E-state index is 10.3. The van der Waals surface area contributed by atoms with E-state index in [0.717, 1.165) is 72.4 Å². The van der Waals surface area contributed by atoms with Crippen LogP contribution in [0.1, 0.15) is 36.1 Å². The normalized spacial score (nSPS) is 16.3. The number of carbonyl (C=O) groups excluding carboxylic acids is 1. The molecule has 5 heterocycles. The molecule has 0 spiro atoms. The van der Waals surface area contributed by atoms with E-state index in [1.807, 2.05) is 17.0 Å². The summed E-state index contributed by atoms with van der Waals surface area (Å²) in [7, 11) is 4.20. The van der Waals surface area contributed by atoms with Gasteiger partial charge in [0, 0.05) is 36.4 Å². The molecule has 0 radical (unpaired) electrons. The zero-order chi connectivity index (χ0) is 24.4. The first-order valence-electron chi connectivity index (χ1n) is 12.0. The van der Waals surface area contributed by atoms with Crippen molar-refractivity contribution < 1.29 is 4.79 Å². The average Bonchev–Trinajstić information content (AvgIpc) is 3.49. The van der Waals surface area contributed by atoms with Gasteiger partial charge < -0.3 is 15.1 Å². The van der Waals surface area contributed by atoms with Gasteiger partial charge in [-0.15, -0.1) is 11.3 Å². The zero-order valence-electron chi connectivity index (χ0n) is 20.1. The quantitative estimate of drug-likeness (QED) is 0.397. The van der Waals surface area contributed by atoms with Crippen LogP contribution in [0.2, 0.25) is 5.02 Å². The highest BCUT2D eigenvalue weighted by Gasteiger charge is 2.21. The number of anilines is 2. The number of amides is 1. The number of aryl methyl sites for hydroxylation is 2. The Kier molecular flexibility index (Phi) is 7.17. The van der Waals surface area contributed by atoms with Gasteiger partial charge in [0.1, 0.15) is 17.0 Å². The number of hydrogen-bond acceptors (Lipinski definition) is 7. The standard InChI is InChI=1S/C17H14ClN5S.C8H16N2O/c18-12-8-23-10(5-6-21-23)7-13(12)22-16-15-11-3-1-2-4-14(11)24-17(15)20-9-19-16;1-9(2)8-3-5-10(7-11)6-4-8/h5-9H,1-4H2,(H,19,20,22);7-8H,3-6H2,1-2H3. The molecule has 0 bridgehead atoms. The van der Waals surface area contributed by atoms with Gasteiger partial charge in [0.05, 0.1) is 21.6 Å². The van der Waals surface area contributed by atoms with Gasteiger partial charge in [-0.2, -0.15) is 5.10 Å². The van der Waals surface area contributed by atoms with Crippen LogP contribution in [0.15, 0.2) is 30.9 Å². The van der Waals surface area contributed by atoms with Crippen molar-refractivity contribution in [1.82, 2.24) is 29.4 Å². The van der Waals surface area contributed by atoms with E-state index in [1.54, 1.807) is 34.6 Å². The second-order valence-electron chi connectivity index (χ2n) is 9.31. The highest BCUT2D eigenvalue weighted by molar-refractivity contribution is 7.19. The van der Waals surface area contributed by atoms with Crippen molar-refractivity contribution in [3.05, 3.63) is 46.3 Å². The van der Waals surface area contributed by atoms with Gasteiger partial charge in [0.15, 0.2) is 0 Å². The van der Waals surface area contributed by atoms with Crippen LogP contribution in [0.5, 0.6) is 0 Å². The van der Waals surface area contributed by atoms with Crippen LogP contribution >= 0.6 is 22.9 Å². The van der Waals surface area contributed by atoms with Crippen LogP contribution in [0.25, 0.3) is 15.7 Å². The Hall–Kier alpha value is -2.75. The Balaban J connectivity index is 0.000000195. The second kappa shape index (κ2) is 10.5. The van der Waals surface area contributed by atoms with Gasteiger partial charge in [-0.3, -0.25) is 4.79 Å². The van der Waals surface area contributed by atoms with Crippen LogP contribution in [-0.4, -0.2) is 69.0 Å². The molecule has 4 aromatic heterocycles. The lowest BCUT2D eigenvalue weighted by atomic mass is 9.97. The van der Waals surface area contributed by atoms with E-state index in [2.05, 4.69) is 39.4 Å². The summed E-state index contributed by atoms with van der Waals surface area (Å²) in [5.41, 5.74) is 3.23. The van der Waals surface area contributed by atoms with Crippen molar-refractivity contribution in [2.24, 2.45) is 0 Å². The van der Waals surface area contributed by atoms with Gasteiger partial charge in [-0.05, 0) is 70.3 Å². The molecule has 35 heavy (non-hydrogen) atoms. The van der Waals surface area contributed by atoms with E-state index in [-0.39, 0.29) is 0 Å². The van der Waals surface area contributed by atoms with Gasteiger partial charge >= 0.3 is 0 Å². The SMILES string of the molecule is CN(C)C1CCN(C=O)CC1.Clc1cn2nccc2cc1Nc1ncnc2sc3c(c12)CCCC3. The van der Waals surface area contributed by atoms with Crippen LogP contribution in [0, 0.1) is 0 Å². The fraction of sp³-hybridized carbons (Fsp3) is 0.440. The third-order valence-corrected chi connectivity index (χ3v) is 8.37. The number of thiophene rings is 1. The summed E-state index contributed by atoms with van der Waals surface area (Å²) >= 11 is 8.21. The largest absolute Gasteiger partial charge is 0.345 e. The van der Waals surface area contributed by atoms with Crippen LogP contribution in [-0.2, 0) is 17.6 Å². The van der Waals surface area contributed by atoms with Crippen LogP contribution in [0.4, 0.5) is 11.5 Å². The van der Waals surface area contributed by atoms with Crippen molar-refractivity contribution in [2.45, 2.75) is 44.6 Å². The average molecular weight is 512 g/mol. The minimum absolute atomic E-state index is 0.613. The van der Waals surface area contributed by atoms with Crippen molar-refractivity contribution >= 4 is 56.6 Å². The number of aromatic nitrogens is 4. The lowest BCUT2D eigenvalue weighted by Crippen LogP contribution is -2.41. The maximum Gasteiger partial charge on any atom is 0.209 e. The molecule has 1 amide bonds. The Labute approximate surface area is 213 Å². The molecule has 184 valence electrons. The fourth-order valence-electron chi connectivity index (χ4n) is 4.86. The molecule has 4 aromatic rings. The molecule has 0 aromatic carbocycles. The van der Waals surface area contributed by atoms with E-state index < -0.39 is 0 Å². The molecule has 1 aliphatic heterocycles. The predicted octanol–water partition coefficient (Wildman–Crippen LogP) is 4.78. The first kappa shape index (κ1) is 24.0. The number of halogens is 1. The third kappa shape index (κ3) is 5.12. The molecule has 0 unspecified atom stereocenters. The van der Waals surface area contributed by atoms with Crippen LogP contribution in [0.3, 0.4) is 0 Å². The summed E-state index contributed by atoms with van der Waals surface area (Å²) in [6.45, 7) is 1.85. The summed E-state index contributed by atoms with van der Waals surface area (Å²) in [5.74, 6) is 0.838. The van der Waals surface area contributed by atoms with Crippen LogP contribution < -0.4 is 5.32 Å². The van der Waals surface area contributed by atoms with E-state index in [0.29, 0.717) is 11.1 Å². The number of pyridine rings is 1. The maximum atomic E-state index is 10.3. The first-order chi connectivity index (χ1) is 17.0.